The van der Waals surface area contributed by atoms with Gasteiger partial charge in [0.1, 0.15) is 23.7 Å². The van der Waals surface area contributed by atoms with E-state index in [-0.39, 0.29) is 0 Å². The average molecular weight is 549 g/mol. The van der Waals surface area contributed by atoms with Crippen LogP contribution in [0.3, 0.4) is 0 Å². The highest BCUT2D eigenvalue weighted by Gasteiger charge is 2.47. The third kappa shape index (κ3) is 5.56. The van der Waals surface area contributed by atoms with Crippen LogP contribution < -0.4 is 20.7 Å². The lowest BCUT2D eigenvalue weighted by Gasteiger charge is -2.43. The van der Waals surface area contributed by atoms with Gasteiger partial charge in [-0.15, -0.1) is 0 Å². The molecule has 0 aliphatic carbocycles. The van der Waals surface area contributed by atoms with Gasteiger partial charge in [0.15, 0.2) is 6.23 Å². The van der Waals surface area contributed by atoms with E-state index in [9.17, 15) is 24.9 Å². The zero-order valence-corrected chi connectivity index (χ0v) is 22.1. The molecule has 0 aliphatic rings. The summed E-state index contributed by atoms with van der Waals surface area (Å²) in [6.45, 7) is -1.32. The molecule has 4 N–H and O–H groups in total. The number of hydrogen-bond donors (Lipinski definition) is 4. The minimum Gasteiger partial charge on any atom is -0.497 e. The molecule has 0 bridgehead atoms. The second-order valence-electron chi connectivity index (χ2n) is 9.09. The van der Waals surface area contributed by atoms with Crippen LogP contribution in [0.5, 0.6) is 11.5 Å². The highest BCUT2D eigenvalue weighted by Crippen LogP contribution is 2.45. The molecule has 0 aliphatic heterocycles. The summed E-state index contributed by atoms with van der Waals surface area (Å²) in [6, 6.07) is 24.8. The molecule has 1 heterocycles. The van der Waals surface area contributed by atoms with Crippen LogP contribution in [0, 0.1) is 0 Å². The Bertz CT molecular complexity index is 1440. The van der Waals surface area contributed by atoms with Crippen molar-refractivity contribution in [3.8, 4) is 11.5 Å². The summed E-state index contributed by atoms with van der Waals surface area (Å²) in [6.07, 6.45) is -2.88. The molecule has 4 rings (SSSR count). The van der Waals surface area contributed by atoms with Crippen molar-refractivity contribution in [2.45, 2.75) is 23.9 Å². The zero-order valence-electron chi connectivity index (χ0n) is 22.1. The number of hydrogen-bond acceptors (Lipinski definition) is 8. The molecule has 0 saturated heterocycles. The van der Waals surface area contributed by atoms with E-state index >= 15 is 0 Å². The quantitative estimate of drug-likeness (QED) is 0.196. The van der Waals surface area contributed by atoms with Gasteiger partial charge in [0.05, 0.1) is 32.8 Å². The topological polar surface area (TPSA) is 143 Å². The van der Waals surface area contributed by atoms with Crippen molar-refractivity contribution in [3.63, 3.8) is 0 Å². The molecule has 0 fully saturated rings. The molecule has 3 aromatic carbocycles. The van der Waals surface area contributed by atoms with E-state index in [1.807, 2.05) is 54.6 Å². The van der Waals surface area contributed by atoms with Crippen molar-refractivity contribution in [3.05, 3.63) is 129 Å². The fraction of sp³-hybridized carbons (Fsp3) is 0.267. The van der Waals surface area contributed by atoms with Gasteiger partial charge in [-0.1, -0.05) is 54.6 Å². The normalized spacial score (nSPS) is 13.8. The molecule has 0 amide bonds. The van der Waals surface area contributed by atoms with Gasteiger partial charge in [-0.25, -0.2) is 4.79 Å². The van der Waals surface area contributed by atoms with Crippen LogP contribution in [-0.4, -0.2) is 64.5 Å². The molecule has 4 aromatic rings. The number of methoxy groups -OCH3 is 2. The van der Waals surface area contributed by atoms with Gasteiger partial charge in [-0.3, -0.25) is 14.3 Å². The first-order chi connectivity index (χ1) is 19.4. The van der Waals surface area contributed by atoms with E-state index in [4.69, 9.17) is 14.2 Å². The summed E-state index contributed by atoms with van der Waals surface area (Å²) in [4.78, 5) is 26.1. The molecule has 40 heavy (non-hydrogen) atoms. The first-order valence-corrected chi connectivity index (χ1v) is 12.6. The maximum atomic E-state index is 12.4. The summed E-state index contributed by atoms with van der Waals surface area (Å²) in [5.74, 6) is 1.23. The SMILES string of the molecule is COc1ccc(C(c2ccccc2)(c2ccc(OC)cc2)C(O)[C@H](CO)O[C@H](CO)n2ccc(=O)[nH]c2=O)cc1. The Balaban J connectivity index is 1.92. The van der Waals surface area contributed by atoms with E-state index in [1.165, 1.54) is 6.20 Å². The molecular weight excluding hydrogens is 516 g/mol. The number of nitrogens with one attached hydrogen (secondary N) is 1. The van der Waals surface area contributed by atoms with Crippen molar-refractivity contribution in [1.82, 2.24) is 9.55 Å². The van der Waals surface area contributed by atoms with Gasteiger partial charge in [0.2, 0.25) is 0 Å². The number of aliphatic hydroxyl groups is 3. The summed E-state index contributed by atoms with van der Waals surface area (Å²) in [5.41, 5.74) is -0.692. The minimum atomic E-state index is -1.45. The van der Waals surface area contributed by atoms with Crippen LogP contribution in [0.2, 0.25) is 0 Å². The Morgan fingerprint density at radius 3 is 1.75 bits per heavy atom. The van der Waals surface area contributed by atoms with E-state index in [0.717, 1.165) is 10.6 Å². The Kier molecular flexibility index (Phi) is 9.18. The van der Waals surface area contributed by atoms with Gasteiger partial charge in [-0.05, 0) is 41.0 Å². The Morgan fingerprint density at radius 1 is 0.775 bits per heavy atom. The Labute approximate surface area is 230 Å². The van der Waals surface area contributed by atoms with Crippen molar-refractivity contribution >= 4 is 0 Å². The lowest BCUT2D eigenvalue weighted by molar-refractivity contribution is -0.147. The maximum Gasteiger partial charge on any atom is 0.330 e. The summed E-state index contributed by atoms with van der Waals surface area (Å²) < 4.78 is 17.7. The lowest BCUT2D eigenvalue weighted by Crippen LogP contribution is -2.52. The van der Waals surface area contributed by atoms with E-state index in [2.05, 4.69) is 4.98 Å². The minimum absolute atomic E-state index is 0.612. The third-order valence-corrected chi connectivity index (χ3v) is 6.95. The number of benzene rings is 3. The molecule has 0 spiro atoms. The number of H-pyrrole nitrogens is 1. The molecule has 1 aromatic heterocycles. The highest BCUT2D eigenvalue weighted by atomic mass is 16.5. The van der Waals surface area contributed by atoms with Gasteiger partial charge >= 0.3 is 5.69 Å². The molecule has 10 heteroatoms. The van der Waals surface area contributed by atoms with Crippen molar-refractivity contribution in [1.29, 1.82) is 0 Å². The highest BCUT2D eigenvalue weighted by molar-refractivity contribution is 5.54. The van der Waals surface area contributed by atoms with Gasteiger partial charge < -0.3 is 29.5 Å². The van der Waals surface area contributed by atoms with Crippen LogP contribution in [-0.2, 0) is 10.2 Å². The van der Waals surface area contributed by atoms with E-state index in [0.29, 0.717) is 28.2 Å². The smallest absolute Gasteiger partial charge is 0.330 e. The summed E-state index contributed by atoms with van der Waals surface area (Å²) in [7, 11) is 3.11. The average Bonchev–Trinajstić information content (AvgIpc) is 3.00. The fourth-order valence-electron chi connectivity index (χ4n) is 4.97. The number of nitrogens with zero attached hydrogens (tertiary/aromatic N) is 1. The largest absolute Gasteiger partial charge is 0.497 e. The number of aromatic amines is 1. The summed E-state index contributed by atoms with van der Waals surface area (Å²) in [5, 5.41) is 32.9. The third-order valence-electron chi connectivity index (χ3n) is 6.95. The van der Waals surface area contributed by atoms with Crippen LogP contribution in [0.15, 0.2) is 101 Å². The number of aliphatic hydroxyl groups excluding tert-OH is 3. The first kappa shape index (κ1) is 28.8. The molecule has 210 valence electrons. The fourth-order valence-corrected chi connectivity index (χ4v) is 4.97. The van der Waals surface area contributed by atoms with Gasteiger partial charge in [0.25, 0.3) is 5.56 Å². The Hall–Kier alpha value is -4.22. The number of rotatable bonds is 12. The molecule has 0 radical (unpaired) electrons. The maximum absolute atomic E-state index is 12.4. The van der Waals surface area contributed by atoms with Gasteiger partial charge in [-0.2, -0.15) is 0 Å². The molecule has 0 saturated carbocycles. The number of aromatic nitrogens is 2. The van der Waals surface area contributed by atoms with E-state index < -0.39 is 48.3 Å². The number of ether oxygens (including phenoxy) is 3. The predicted octanol–water partition coefficient (Wildman–Crippen LogP) is 1.82. The van der Waals surface area contributed by atoms with Gasteiger partial charge in [0, 0.05) is 12.3 Å². The Morgan fingerprint density at radius 2 is 1.30 bits per heavy atom. The standard InChI is InChI=1S/C30H32N2O8/c1-38-23-12-8-21(9-13-23)30(20-6-4-3-5-7-20,22-10-14-24(39-2)15-11-22)28(36)25(18-33)40-27(19-34)32-17-16-26(35)31-29(32)37/h3-17,25,27-28,33-34,36H,18-19H2,1-2H3,(H,31,35,37)/t25-,27+,28?/m0/s1. The molecular formula is C30H32N2O8. The van der Waals surface area contributed by atoms with Crippen LogP contribution in [0.1, 0.15) is 22.9 Å². The molecule has 10 nitrogen and oxygen atoms in total. The second-order valence-corrected chi connectivity index (χ2v) is 9.09. The van der Waals surface area contributed by atoms with E-state index in [1.54, 1.807) is 38.5 Å². The molecule has 1 unspecified atom stereocenters. The zero-order chi connectivity index (χ0) is 28.7. The van der Waals surface area contributed by atoms with Crippen LogP contribution in [0.4, 0.5) is 0 Å². The van der Waals surface area contributed by atoms with Crippen LogP contribution in [0.25, 0.3) is 0 Å². The summed E-state index contributed by atoms with van der Waals surface area (Å²) >= 11 is 0. The van der Waals surface area contributed by atoms with Crippen molar-refractivity contribution < 1.29 is 29.5 Å². The van der Waals surface area contributed by atoms with Crippen LogP contribution >= 0.6 is 0 Å². The lowest BCUT2D eigenvalue weighted by atomic mass is 9.64. The first-order valence-electron chi connectivity index (χ1n) is 12.6. The molecule has 3 atom stereocenters. The second kappa shape index (κ2) is 12.8. The van der Waals surface area contributed by atoms with Crippen molar-refractivity contribution in [2.24, 2.45) is 0 Å². The monoisotopic (exact) mass is 548 g/mol. The predicted molar refractivity (Wildman–Crippen MR) is 148 cm³/mol. The van der Waals surface area contributed by atoms with Crippen molar-refractivity contribution in [2.75, 3.05) is 27.4 Å².